The maximum atomic E-state index is 3.85. The highest BCUT2D eigenvalue weighted by molar-refractivity contribution is 4.88. The molecule has 0 bridgehead atoms. The van der Waals surface area contributed by atoms with Crippen LogP contribution in [-0.4, -0.2) is 37.1 Å². The summed E-state index contributed by atoms with van der Waals surface area (Å²) in [5, 5.41) is 3.85. The van der Waals surface area contributed by atoms with E-state index in [1.54, 1.807) is 0 Å². The van der Waals surface area contributed by atoms with Gasteiger partial charge >= 0.3 is 0 Å². The molecule has 0 amide bonds. The topological polar surface area (TPSA) is 15.3 Å². The molecule has 0 spiro atoms. The van der Waals surface area contributed by atoms with Crippen molar-refractivity contribution < 1.29 is 0 Å². The molecule has 2 fully saturated rings. The summed E-state index contributed by atoms with van der Waals surface area (Å²) in [7, 11) is 0. The van der Waals surface area contributed by atoms with Gasteiger partial charge in [-0.2, -0.15) is 0 Å². The van der Waals surface area contributed by atoms with E-state index in [0.29, 0.717) is 5.41 Å². The van der Waals surface area contributed by atoms with Crippen molar-refractivity contribution in [3.8, 4) is 0 Å². The zero-order chi connectivity index (χ0) is 15.3. The third-order valence-electron chi connectivity index (χ3n) is 5.80. The lowest BCUT2D eigenvalue weighted by Crippen LogP contribution is -2.49. The third kappa shape index (κ3) is 5.25. The number of nitrogens with one attached hydrogen (secondary N) is 1. The molecule has 0 aromatic rings. The third-order valence-corrected chi connectivity index (χ3v) is 5.80. The zero-order valence-electron chi connectivity index (χ0n) is 15.0. The molecule has 2 nitrogen and oxygen atoms in total. The molecule has 0 aromatic carbocycles. The average Bonchev–Trinajstić information content (AvgIpc) is 2.45. The van der Waals surface area contributed by atoms with Gasteiger partial charge in [0, 0.05) is 19.1 Å². The maximum Gasteiger partial charge on any atom is 0.0108 e. The Hall–Kier alpha value is -0.0800. The summed E-state index contributed by atoms with van der Waals surface area (Å²) >= 11 is 0. The molecule has 2 heteroatoms. The molecular formula is C19H38N2. The van der Waals surface area contributed by atoms with Crippen molar-refractivity contribution in [2.45, 2.75) is 78.7 Å². The first-order valence-corrected chi connectivity index (χ1v) is 9.50. The van der Waals surface area contributed by atoms with Crippen LogP contribution in [0.1, 0.15) is 72.6 Å². The van der Waals surface area contributed by atoms with Crippen molar-refractivity contribution in [1.82, 2.24) is 10.2 Å². The lowest BCUT2D eigenvalue weighted by atomic mass is 9.76. The standard InChI is InChI=1S/C19H38N2/c1-5-11-20-18-9-8-16(6-2)13-17(18)14-21-12-7-10-19(3,4)15-21/h16-18,20H,5-15H2,1-4H3. The van der Waals surface area contributed by atoms with Gasteiger partial charge < -0.3 is 10.2 Å². The van der Waals surface area contributed by atoms with E-state index in [4.69, 9.17) is 0 Å². The Morgan fingerprint density at radius 2 is 2.00 bits per heavy atom. The van der Waals surface area contributed by atoms with Crippen LogP contribution < -0.4 is 5.32 Å². The number of nitrogens with zero attached hydrogens (tertiary/aromatic N) is 1. The lowest BCUT2D eigenvalue weighted by Gasteiger charge is -2.43. The number of likely N-dealkylation sites (tertiary alicyclic amines) is 1. The van der Waals surface area contributed by atoms with E-state index >= 15 is 0 Å². The molecule has 2 rings (SSSR count). The van der Waals surface area contributed by atoms with Gasteiger partial charge in [0.15, 0.2) is 0 Å². The van der Waals surface area contributed by atoms with Crippen molar-refractivity contribution in [3.63, 3.8) is 0 Å². The quantitative estimate of drug-likeness (QED) is 0.785. The maximum absolute atomic E-state index is 3.85. The Morgan fingerprint density at radius 1 is 1.19 bits per heavy atom. The fourth-order valence-corrected chi connectivity index (χ4v) is 4.56. The Kier molecular flexibility index (Phi) is 6.55. The minimum atomic E-state index is 0.531. The Labute approximate surface area is 133 Å². The first-order chi connectivity index (χ1) is 10.0. The van der Waals surface area contributed by atoms with Crippen LogP contribution in [-0.2, 0) is 0 Å². The lowest BCUT2D eigenvalue weighted by molar-refractivity contribution is 0.0745. The average molecular weight is 295 g/mol. The van der Waals surface area contributed by atoms with E-state index < -0.39 is 0 Å². The van der Waals surface area contributed by atoms with Gasteiger partial charge in [-0.15, -0.1) is 0 Å². The molecule has 1 aliphatic carbocycles. The summed E-state index contributed by atoms with van der Waals surface area (Å²) in [5.41, 5.74) is 0.531. The van der Waals surface area contributed by atoms with Crippen LogP contribution in [0.2, 0.25) is 0 Å². The molecule has 1 saturated heterocycles. The van der Waals surface area contributed by atoms with Crippen molar-refractivity contribution in [2.75, 3.05) is 26.2 Å². The van der Waals surface area contributed by atoms with E-state index in [2.05, 4.69) is 37.9 Å². The molecule has 1 aliphatic heterocycles. The van der Waals surface area contributed by atoms with Crippen LogP contribution >= 0.6 is 0 Å². The zero-order valence-corrected chi connectivity index (χ0v) is 15.0. The summed E-state index contributed by atoms with van der Waals surface area (Å²) in [5.74, 6) is 1.86. The molecule has 0 radical (unpaired) electrons. The molecule has 1 saturated carbocycles. The molecule has 3 atom stereocenters. The van der Waals surface area contributed by atoms with Crippen molar-refractivity contribution >= 4 is 0 Å². The van der Waals surface area contributed by atoms with Crippen LogP contribution in [0.3, 0.4) is 0 Å². The van der Waals surface area contributed by atoms with E-state index in [9.17, 15) is 0 Å². The summed E-state index contributed by atoms with van der Waals surface area (Å²) in [6.45, 7) is 14.7. The predicted molar refractivity (Wildman–Crippen MR) is 92.7 cm³/mol. The van der Waals surface area contributed by atoms with E-state index in [-0.39, 0.29) is 0 Å². The van der Waals surface area contributed by atoms with Crippen LogP contribution in [0.15, 0.2) is 0 Å². The smallest absolute Gasteiger partial charge is 0.0108 e. The van der Waals surface area contributed by atoms with Crippen molar-refractivity contribution in [3.05, 3.63) is 0 Å². The molecule has 124 valence electrons. The van der Waals surface area contributed by atoms with Gasteiger partial charge in [0.25, 0.3) is 0 Å². The second-order valence-electron chi connectivity index (χ2n) is 8.41. The summed E-state index contributed by atoms with van der Waals surface area (Å²) in [4.78, 5) is 2.77. The van der Waals surface area contributed by atoms with Gasteiger partial charge in [0.2, 0.25) is 0 Å². The highest BCUT2D eigenvalue weighted by Gasteiger charge is 2.33. The van der Waals surface area contributed by atoms with Crippen molar-refractivity contribution in [1.29, 1.82) is 0 Å². The summed E-state index contributed by atoms with van der Waals surface area (Å²) < 4.78 is 0. The van der Waals surface area contributed by atoms with Gasteiger partial charge in [-0.1, -0.05) is 34.1 Å². The fraction of sp³-hybridized carbons (Fsp3) is 1.00. The molecule has 2 aliphatic rings. The van der Waals surface area contributed by atoms with Crippen LogP contribution in [0, 0.1) is 17.3 Å². The van der Waals surface area contributed by atoms with Gasteiger partial charge in [0.05, 0.1) is 0 Å². The van der Waals surface area contributed by atoms with Gasteiger partial charge in [-0.3, -0.25) is 0 Å². The second-order valence-corrected chi connectivity index (χ2v) is 8.41. The van der Waals surface area contributed by atoms with Crippen LogP contribution in [0.25, 0.3) is 0 Å². The van der Waals surface area contributed by atoms with Gasteiger partial charge in [-0.05, 0) is 68.9 Å². The summed E-state index contributed by atoms with van der Waals surface area (Å²) in [6, 6.07) is 0.776. The molecule has 1 heterocycles. The molecule has 21 heavy (non-hydrogen) atoms. The number of piperidine rings is 1. The monoisotopic (exact) mass is 294 g/mol. The first kappa shape index (κ1) is 17.3. The molecule has 1 N–H and O–H groups in total. The van der Waals surface area contributed by atoms with E-state index in [1.807, 2.05) is 0 Å². The normalized spacial score (nSPS) is 34.0. The summed E-state index contributed by atoms with van der Waals surface area (Å²) in [6.07, 6.45) is 9.74. The first-order valence-electron chi connectivity index (χ1n) is 9.50. The highest BCUT2D eigenvalue weighted by atomic mass is 15.1. The number of rotatable bonds is 6. The minimum Gasteiger partial charge on any atom is -0.314 e. The number of hydrogen-bond donors (Lipinski definition) is 1. The Bertz CT molecular complexity index is 300. The largest absolute Gasteiger partial charge is 0.314 e. The molecule has 3 unspecified atom stereocenters. The minimum absolute atomic E-state index is 0.531. The van der Waals surface area contributed by atoms with Crippen LogP contribution in [0.5, 0.6) is 0 Å². The van der Waals surface area contributed by atoms with E-state index in [1.165, 1.54) is 71.1 Å². The van der Waals surface area contributed by atoms with Crippen molar-refractivity contribution in [2.24, 2.45) is 17.3 Å². The highest BCUT2D eigenvalue weighted by Crippen LogP contribution is 2.34. The molecular weight excluding hydrogens is 256 g/mol. The second kappa shape index (κ2) is 7.97. The Morgan fingerprint density at radius 3 is 2.67 bits per heavy atom. The van der Waals surface area contributed by atoms with E-state index in [0.717, 1.165) is 17.9 Å². The predicted octanol–water partition coefficient (Wildman–Crippen LogP) is 4.30. The Balaban J connectivity index is 1.91. The van der Waals surface area contributed by atoms with Gasteiger partial charge in [0.1, 0.15) is 0 Å². The molecule has 0 aromatic heterocycles. The fourth-order valence-electron chi connectivity index (χ4n) is 4.56. The van der Waals surface area contributed by atoms with Gasteiger partial charge in [-0.25, -0.2) is 0 Å². The SMILES string of the molecule is CCCNC1CCC(CC)CC1CN1CCCC(C)(C)C1. The van der Waals surface area contributed by atoms with Crippen LogP contribution in [0.4, 0.5) is 0 Å². The number of hydrogen-bond acceptors (Lipinski definition) is 2.